The molecule has 0 atom stereocenters. The summed E-state index contributed by atoms with van der Waals surface area (Å²) < 4.78 is 5.30. The van der Waals surface area contributed by atoms with Crippen LogP contribution < -0.4 is 11.1 Å². The maximum atomic E-state index is 12.3. The molecule has 4 nitrogen and oxygen atoms in total. The third-order valence-electron chi connectivity index (χ3n) is 3.89. The molecule has 1 aromatic rings. The number of aryl methyl sites for hydroxylation is 1. The Morgan fingerprint density at radius 3 is 2.78 bits per heavy atom. The van der Waals surface area contributed by atoms with E-state index in [1.54, 1.807) is 12.3 Å². The lowest BCUT2D eigenvalue weighted by molar-refractivity contribution is 0.0872. The Morgan fingerprint density at radius 1 is 1.44 bits per heavy atom. The molecule has 1 aromatic heterocycles. The fourth-order valence-corrected chi connectivity index (χ4v) is 2.73. The van der Waals surface area contributed by atoms with Gasteiger partial charge in [0.25, 0.3) is 5.91 Å². The highest BCUT2D eigenvalue weighted by Gasteiger charge is 2.33. The van der Waals surface area contributed by atoms with Gasteiger partial charge in [-0.05, 0) is 18.9 Å². The second-order valence-electron chi connectivity index (χ2n) is 5.11. The van der Waals surface area contributed by atoms with Crippen molar-refractivity contribution in [2.45, 2.75) is 51.0 Å². The highest BCUT2D eigenvalue weighted by molar-refractivity contribution is 5.95. The van der Waals surface area contributed by atoms with Crippen molar-refractivity contribution in [3.8, 4) is 0 Å². The molecular formula is C14H22N2O2. The number of rotatable bonds is 4. The Kier molecular flexibility index (Phi) is 4.07. The molecule has 0 unspecified atom stereocenters. The number of carbonyl (C=O) groups is 1. The van der Waals surface area contributed by atoms with Gasteiger partial charge in [0.05, 0.1) is 17.4 Å². The van der Waals surface area contributed by atoms with Crippen LogP contribution in [0, 0.1) is 0 Å². The number of nitrogens with one attached hydrogen (secondary N) is 1. The van der Waals surface area contributed by atoms with E-state index < -0.39 is 0 Å². The van der Waals surface area contributed by atoms with E-state index >= 15 is 0 Å². The minimum Gasteiger partial charge on any atom is -0.469 e. The fraction of sp³-hybridized carbons (Fsp3) is 0.643. The molecule has 0 spiro atoms. The van der Waals surface area contributed by atoms with Crippen molar-refractivity contribution < 1.29 is 9.21 Å². The average Bonchev–Trinajstić information content (AvgIpc) is 2.88. The lowest BCUT2D eigenvalue weighted by Gasteiger charge is -2.37. The molecule has 18 heavy (non-hydrogen) atoms. The van der Waals surface area contributed by atoms with Gasteiger partial charge in [-0.2, -0.15) is 0 Å². The summed E-state index contributed by atoms with van der Waals surface area (Å²) in [7, 11) is 0. The van der Waals surface area contributed by atoms with Crippen LogP contribution in [0.5, 0.6) is 0 Å². The van der Waals surface area contributed by atoms with E-state index in [1.165, 1.54) is 6.42 Å². The van der Waals surface area contributed by atoms with E-state index in [2.05, 4.69) is 5.32 Å². The van der Waals surface area contributed by atoms with Gasteiger partial charge in [-0.25, -0.2) is 0 Å². The number of hydrogen-bond donors (Lipinski definition) is 2. The highest BCUT2D eigenvalue weighted by atomic mass is 16.3. The van der Waals surface area contributed by atoms with E-state index in [0.29, 0.717) is 12.1 Å². The van der Waals surface area contributed by atoms with Gasteiger partial charge in [0.15, 0.2) is 0 Å². The number of nitrogens with two attached hydrogens (primary N) is 1. The molecule has 0 saturated heterocycles. The number of amides is 1. The molecule has 1 amide bonds. The van der Waals surface area contributed by atoms with Crippen LogP contribution in [0.3, 0.4) is 0 Å². The van der Waals surface area contributed by atoms with Gasteiger partial charge >= 0.3 is 0 Å². The number of hydrogen-bond acceptors (Lipinski definition) is 3. The Labute approximate surface area is 108 Å². The zero-order valence-corrected chi connectivity index (χ0v) is 11.0. The van der Waals surface area contributed by atoms with Crippen molar-refractivity contribution in [3.63, 3.8) is 0 Å². The molecule has 0 aliphatic heterocycles. The third kappa shape index (κ3) is 2.58. The molecule has 1 aliphatic rings. The van der Waals surface area contributed by atoms with E-state index in [9.17, 15) is 4.79 Å². The smallest absolute Gasteiger partial charge is 0.255 e. The van der Waals surface area contributed by atoms with Crippen LogP contribution >= 0.6 is 0 Å². The summed E-state index contributed by atoms with van der Waals surface area (Å²) >= 11 is 0. The second kappa shape index (κ2) is 5.57. The summed E-state index contributed by atoms with van der Waals surface area (Å²) in [5, 5.41) is 3.14. The SMILES string of the molecule is CCc1occc1C(=O)NC1(CN)CCCCC1. The first kappa shape index (κ1) is 13.1. The van der Waals surface area contributed by atoms with Crippen LogP contribution in [0.2, 0.25) is 0 Å². The Balaban J connectivity index is 2.10. The molecular weight excluding hydrogens is 228 g/mol. The van der Waals surface area contributed by atoms with Crippen LogP contribution in [0.4, 0.5) is 0 Å². The van der Waals surface area contributed by atoms with E-state index in [1.807, 2.05) is 6.92 Å². The largest absolute Gasteiger partial charge is 0.469 e. The molecule has 1 fully saturated rings. The minimum atomic E-state index is -0.211. The van der Waals surface area contributed by atoms with Gasteiger partial charge in [-0.15, -0.1) is 0 Å². The minimum absolute atomic E-state index is 0.0482. The maximum absolute atomic E-state index is 12.3. The Hall–Kier alpha value is -1.29. The fourth-order valence-electron chi connectivity index (χ4n) is 2.73. The predicted octanol–water partition coefficient (Wildman–Crippen LogP) is 2.23. The normalized spacial score (nSPS) is 18.6. The standard InChI is InChI=1S/C14H22N2O2/c1-2-12-11(6-9-18-12)13(17)16-14(10-15)7-4-3-5-8-14/h6,9H,2-5,7-8,10,15H2,1H3,(H,16,17). The lowest BCUT2D eigenvalue weighted by atomic mass is 9.81. The summed E-state index contributed by atoms with van der Waals surface area (Å²) in [5.74, 6) is 0.698. The first-order chi connectivity index (χ1) is 8.71. The molecule has 1 saturated carbocycles. The van der Waals surface area contributed by atoms with Crippen LogP contribution in [0.15, 0.2) is 16.7 Å². The highest BCUT2D eigenvalue weighted by Crippen LogP contribution is 2.28. The summed E-state index contributed by atoms with van der Waals surface area (Å²) in [6, 6.07) is 1.74. The zero-order chi connectivity index (χ0) is 13.0. The maximum Gasteiger partial charge on any atom is 0.255 e. The molecule has 0 aromatic carbocycles. The van der Waals surface area contributed by atoms with Crippen LogP contribution in [-0.2, 0) is 6.42 Å². The molecule has 0 bridgehead atoms. The Bertz CT molecular complexity index is 406. The molecule has 3 N–H and O–H groups in total. The lowest BCUT2D eigenvalue weighted by Crippen LogP contribution is -2.54. The van der Waals surface area contributed by atoms with Gasteiger partial charge in [0, 0.05) is 13.0 Å². The topological polar surface area (TPSA) is 68.3 Å². The molecule has 100 valence electrons. The molecule has 2 rings (SSSR count). The molecule has 0 radical (unpaired) electrons. The van der Waals surface area contributed by atoms with E-state index in [-0.39, 0.29) is 11.4 Å². The summed E-state index contributed by atoms with van der Waals surface area (Å²) in [6.07, 6.45) is 7.79. The quantitative estimate of drug-likeness (QED) is 0.861. The predicted molar refractivity (Wildman–Crippen MR) is 70.4 cm³/mol. The van der Waals surface area contributed by atoms with Gasteiger partial charge in [0.2, 0.25) is 0 Å². The van der Waals surface area contributed by atoms with E-state index in [0.717, 1.165) is 37.9 Å². The van der Waals surface area contributed by atoms with Crippen molar-refractivity contribution >= 4 is 5.91 Å². The molecule has 1 heterocycles. The number of furan rings is 1. The van der Waals surface area contributed by atoms with Gasteiger partial charge in [0.1, 0.15) is 5.76 Å². The average molecular weight is 250 g/mol. The van der Waals surface area contributed by atoms with Crippen LogP contribution in [-0.4, -0.2) is 18.0 Å². The second-order valence-corrected chi connectivity index (χ2v) is 5.11. The summed E-state index contributed by atoms with van der Waals surface area (Å²) in [5.41, 5.74) is 6.31. The Morgan fingerprint density at radius 2 is 2.17 bits per heavy atom. The van der Waals surface area contributed by atoms with Gasteiger partial charge in [-0.3, -0.25) is 4.79 Å². The number of carbonyl (C=O) groups excluding carboxylic acids is 1. The van der Waals surface area contributed by atoms with Crippen molar-refractivity contribution in [2.75, 3.05) is 6.54 Å². The third-order valence-corrected chi connectivity index (χ3v) is 3.89. The van der Waals surface area contributed by atoms with Gasteiger partial charge < -0.3 is 15.5 Å². The summed E-state index contributed by atoms with van der Waals surface area (Å²) in [6.45, 7) is 2.49. The summed E-state index contributed by atoms with van der Waals surface area (Å²) in [4.78, 5) is 12.3. The van der Waals surface area contributed by atoms with Crippen molar-refractivity contribution in [3.05, 3.63) is 23.7 Å². The first-order valence-corrected chi connectivity index (χ1v) is 6.80. The van der Waals surface area contributed by atoms with Crippen molar-refractivity contribution in [1.82, 2.24) is 5.32 Å². The first-order valence-electron chi connectivity index (χ1n) is 6.80. The van der Waals surface area contributed by atoms with E-state index in [4.69, 9.17) is 10.2 Å². The molecule has 1 aliphatic carbocycles. The monoisotopic (exact) mass is 250 g/mol. The van der Waals surface area contributed by atoms with Crippen molar-refractivity contribution in [2.24, 2.45) is 5.73 Å². The zero-order valence-electron chi connectivity index (χ0n) is 11.0. The van der Waals surface area contributed by atoms with Crippen molar-refractivity contribution in [1.29, 1.82) is 0 Å². The molecule has 4 heteroatoms. The van der Waals surface area contributed by atoms with Gasteiger partial charge in [-0.1, -0.05) is 26.2 Å². The van der Waals surface area contributed by atoms with Crippen LogP contribution in [0.25, 0.3) is 0 Å². The van der Waals surface area contributed by atoms with Crippen LogP contribution in [0.1, 0.15) is 55.1 Å².